The maximum Gasteiger partial charge on any atom is 0.0832 e. The van der Waals surface area contributed by atoms with E-state index < -0.39 is 0 Å². The molecule has 4 nitrogen and oxygen atoms in total. The predicted molar refractivity (Wildman–Crippen MR) is 68.5 cm³/mol. The Labute approximate surface area is 105 Å². The molecule has 0 amide bonds. The monoisotopic (exact) mass is 249 g/mol. The van der Waals surface area contributed by atoms with Crippen LogP contribution in [-0.2, 0) is 6.42 Å². The lowest BCUT2D eigenvalue weighted by Gasteiger charge is -2.01. The molecule has 0 saturated carbocycles. The highest BCUT2D eigenvalue weighted by Gasteiger charge is 2.03. The second-order valence-corrected chi connectivity index (χ2v) is 4.56. The third kappa shape index (κ3) is 3.08. The van der Waals surface area contributed by atoms with Crippen LogP contribution in [0, 0.1) is 0 Å². The molecule has 2 rings (SSSR count). The molecule has 90 valence electrons. The molecule has 1 N–H and O–H groups in total. The summed E-state index contributed by atoms with van der Waals surface area (Å²) >= 11 is 1.70. The Morgan fingerprint density at radius 2 is 2.29 bits per heavy atom. The first-order valence-corrected chi connectivity index (χ1v) is 6.72. The van der Waals surface area contributed by atoms with Crippen molar-refractivity contribution >= 4 is 11.8 Å². The minimum absolute atomic E-state index is 0.189. The van der Waals surface area contributed by atoms with Crippen LogP contribution in [0.25, 0.3) is 5.69 Å². The van der Waals surface area contributed by atoms with Gasteiger partial charge < -0.3 is 5.11 Å². The van der Waals surface area contributed by atoms with Crippen molar-refractivity contribution in [1.82, 2.24) is 15.0 Å². The molecule has 0 spiro atoms. The molecular weight excluding hydrogens is 234 g/mol. The van der Waals surface area contributed by atoms with Crippen LogP contribution in [0.1, 0.15) is 12.1 Å². The van der Waals surface area contributed by atoms with Gasteiger partial charge >= 0.3 is 0 Å². The topological polar surface area (TPSA) is 50.9 Å². The Hall–Kier alpha value is -1.33. The van der Waals surface area contributed by atoms with Gasteiger partial charge in [-0.3, -0.25) is 0 Å². The quantitative estimate of drug-likeness (QED) is 0.822. The molecule has 0 bridgehead atoms. The fourth-order valence-corrected chi connectivity index (χ4v) is 2.01. The maximum absolute atomic E-state index is 8.76. The van der Waals surface area contributed by atoms with E-state index in [1.54, 1.807) is 16.4 Å². The Morgan fingerprint density at radius 3 is 3.06 bits per heavy atom. The molecule has 17 heavy (non-hydrogen) atoms. The molecule has 0 fully saturated rings. The van der Waals surface area contributed by atoms with Crippen LogP contribution in [-0.4, -0.2) is 33.0 Å². The average molecular weight is 249 g/mol. The number of thioether (sulfide) groups is 1. The third-order valence-corrected chi connectivity index (χ3v) is 3.18. The standard InChI is InChI=1S/C12H15N3OS/c1-17-12-6-2-5-11(8-12)15-9-10(13-14-15)4-3-7-16/h2,5-6,8-9,16H,3-4,7H2,1H3. The number of aliphatic hydroxyl groups is 1. The SMILES string of the molecule is CSc1cccc(-n2cc(CCCO)nn2)c1. The number of benzene rings is 1. The van der Waals surface area contributed by atoms with Gasteiger partial charge in [-0.25, -0.2) is 4.68 Å². The normalized spacial score (nSPS) is 10.7. The minimum Gasteiger partial charge on any atom is -0.396 e. The van der Waals surface area contributed by atoms with Gasteiger partial charge in [-0.05, 0) is 37.3 Å². The van der Waals surface area contributed by atoms with Crippen molar-refractivity contribution in [3.63, 3.8) is 0 Å². The number of hydrogen-bond acceptors (Lipinski definition) is 4. The summed E-state index contributed by atoms with van der Waals surface area (Å²) in [4.78, 5) is 1.20. The summed E-state index contributed by atoms with van der Waals surface area (Å²) in [6.45, 7) is 0.189. The molecule has 5 heteroatoms. The highest BCUT2D eigenvalue weighted by Crippen LogP contribution is 2.18. The van der Waals surface area contributed by atoms with E-state index in [1.165, 1.54) is 4.90 Å². The lowest BCUT2D eigenvalue weighted by molar-refractivity contribution is 0.288. The first kappa shape index (κ1) is 12.1. The number of aryl methyl sites for hydroxylation is 1. The number of nitrogens with zero attached hydrogens (tertiary/aromatic N) is 3. The summed E-state index contributed by atoms with van der Waals surface area (Å²) in [6.07, 6.45) is 5.45. The van der Waals surface area contributed by atoms with Gasteiger partial charge in [0.15, 0.2) is 0 Å². The molecule has 0 aliphatic heterocycles. The number of rotatable bonds is 5. The molecule has 1 aromatic carbocycles. The van der Waals surface area contributed by atoms with E-state index in [-0.39, 0.29) is 6.61 Å². The lowest BCUT2D eigenvalue weighted by atomic mass is 10.2. The van der Waals surface area contributed by atoms with Crippen molar-refractivity contribution in [3.05, 3.63) is 36.2 Å². The average Bonchev–Trinajstić information content (AvgIpc) is 2.85. The Balaban J connectivity index is 2.18. The van der Waals surface area contributed by atoms with Crippen LogP contribution in [0.3, 0.4) is 0 Å². The van der Waals surface area contributed by atoms with Gasteiger partial charge in [-0.15, -0.1) is 16.9 Å². The van der Waals surface area contributed by atoms with E-state index in [4.69, 9.17) is 5.11 Å². The first-order chi connectivity index (χ1) is 8.33. The summed E-state index contributed by atoms with van der Waals surface area (Å²) in [5, 5.41) is 16.9. The second-order valence-electron chi connectivity index (χ2n) is 3.68. The first-order valence-electron chi connectivity index (χ1n) is 5.50. The van der Waals surface area contributed by atoms with E-state index in [2.05, 4.69) is 22.4 Å². The summed E-state index contributed by atoms with van der Waals surface area (Å²) in [5.41, 5.74) is 1.92. The van der Waals surface area contributed by atoms with Crippen molar-refractivity contribution in [2.24, 2.45) is 0 Å². The van der Waals surface area contributed by atoms with Crippen LogP contribution in [0.4, 0.5) is 0 Å². The van der Waals surface area contributed by atoms with Gasteiger partial charge in [-0.2, -0.15) is 0 Å². The second kappa shape index (κ2) is 5.84. The van der Waals surface area contributed by atoms with Crippen molar-refractivity contribution < 1.29 is 5.11 Å². The highest BCUT2D eigenvalue weighted by atomic mass is 32.2. The van der Waals surface area contributed by atoms with Crippen molar-refractivity contribution in [1.29, 1.82) is 0 Å². The van der Waals surface area contributed by atoms with Crippen LogP contribution >= 0.6 is 11.8 Å². The fraction of sp³-hybridized carbons (Fsp3) is 0.333. The lowest BCUT2D eigenvalue weighted by Crippen LogP contribution is -1.94. The number of hydrogen-bond donors (Lipinski definition) is 1. The van der Waals surface area contributed by atoms with Gasteiger partial charge in [0.2, 0.25) is 0 Å². The smallest absolute Gasteiger partial charge is 0.0832 e. The van der Waals surface area contributed by atoms with Crippen LogP contribution in [0.2, 0.25) is 0 Å². The van der Waals surface area contributed by atoms with Crippen molar-refractivity contribution in [2.75, 3.05) is 12.9 Å². The maximum atomic E-state index is 8.76. The van der Waals surface area contributed by atoms with E-state index in [0.717, 1.165) is 24.2 Å². The molecule has 1 heterocycles. The van der Waals surface area contributed by atoms with E-state index in [0.29, 0.717) is 0 Å². The largest absolute Gasteiger partial charge is 0.396 e. The van der Waals surface area contributed by atoms with Gasteiger partial charge in [0, 0.05) is 11.5 Å². The Kier molecular flexibility index (Phi) is 4.17. The van der Waals surface area contributed by atoms with Crippen molar-refractivity contribution in [3.8, 4) is 5.69 Å². The van der Waals surface area contributed by atoms with E-state index in [1.807, 2.05) is 24.6 Å². The summed E-state index contributed by atoms with van der Waals surface area (Å²) in [7, 11) is 0. The molecule has 0 saturated heterocycles. The highest BCUT2D eigenvalue weighted by molar-refractivity contribution is 7.98. The summed E-state index contributed by atoms with van der Waals surface area (Å²) < 4.78 is 1.77. The van der Waals surface area contributed by atoms with Crippen LogP contribution in [0.5, 0.6) is 0 Å². The molecular formula is C12H15N3OS. The van der Waals surface area contributed by atoms with Gasteiger partial charge in [0.1, 0.15) is 0 Å². The Morgan fingerprint density at radius 1 is 1.41 bits per heavy atom. The van der Waals surface area contributed by atoms with E-state index in [9.17, 15) is 0 Å². The molecule has 0 aliphatic rings. The summed E-state index contributed by atoms with van der Waals surface area (Å²) in [6, 6.07) is 8.16. The van der Waals surface area contributed by atoms with Crippen molar-refractivity contribution in [2.45, 2.75) is 17.7 Å². The minimum atomic E-state index is 0.189. The van der Waals surface area contributed by atoms with Crippen LogP contribution < -0.4 is 0 Å². The molecule has 1 aromatic heterocycles. The van der Waals surface area contributed by atoms with Crippen LogP contribution in [0.15, 0.2) is 35.4 Å². The summed E-state index contributed by atoms with van der Waals surface area (Å²) in [5.74, 6) is 0. The van der Waals surface area contributed by atoms with E-state index >= 15 is 0 Å². The fourth-order valence-electron chi connectivity index (χ4n) is 1.55. The molecule has 2 aromatic rings. The molecule has 0 aliphatic carbocycles. The zero-order valence-electron chi connectivity index (χ0n) is 9.71. The van der Waals surface area contributed by atoms with Gasteiger partial charge in [0.25, 0.3) is 0 Å². The molecule has 0 atom stereocenters. The predicted octanol–water partition coefficient (Wildman–Crippen LogP) is 1.91. The zero-order valence-corrected chi connectivity index (χ0v) is 10.5. The zero-order chi connectivity index (χ0) is 12.1. The Bertz CT molecular complexity index is 484. The molecule has 0 radical (unpaired) electrons. The van der Waals surface area contributed by atoms with Gasteiger partial charge in [0.05, 0.1) is 17.6 Å². The molecule has 0 unspecified atom stereocenters. The number of aliphatic hydroxyl groups excluding tert-OH is 1. The van der Waals surface area contributed by atoms with Gasteiger partial charge in [-0.1, -0.05) is 11.3 Å². The number of aromatic nitrogens is 3. The third-order valence-electron chi connectivity index (χ3n) is 2.45.